The molecule has 0 spiro atoms. The summed E-state index contributed by atoms with van der Waals surface area (Å²) in [6.07, 6.45) is 0.570. The minimum absolute atomic E-state index is 0.0410. The van der Waals surface area contributed by atoms with Gasteiger partial charge >= 0.3 is 0 Å². The van der Waals surface area contributed by atoms with Crippen molar-refractivity contribution in [2.45, 2.75) is 12.5 Å². The normalized spacial score (nSPS) is 15.5. The van der Waals surface area contributed by atoms with E-state index in [-0.39, 0.29) is 11.6 Å². The van der Waals surface area contributed by atoms with E-state index in [0.717, 1.165) is 27.6 Å². The topological polar surface area (TPSA) is 66.5 Å². The summed E-state index contributed by atoms with van der Waals surface area (Å²) in [6, 6.07) is 20.7. The van der Waals surface area contributed by atoms with Crippen LogP contribution >= 0.6 is 23.2 Å². The highest BCUT2D eigenvalue weighted by Crippen LogP contribution is 2.35. The number of aromatic amines is 1. The Balaban J connectivity index is 1.68. The minimum Gasteiger partial charge on any atom is -0.497 e. The van der Waals surface area contributed by atoms with Gasteiger partial charge in [-0.1, -0.05) is 47.5 Å². The molecule has 0 amide bonds. The number of hydrogen-bond acceptors (Lipinski definition) is 4. The van der Waals surface area contributed by atoms with Gasteiger partial charge in [-0.05, 0) is 53.6 Å². The van der Waals surface area contributed by atoms with Crippen molar-refractivity contribution in [3.63, 3.8) is 0 Å². The van der Waals surface area contributed by atoms with Gasteiger partial charge in [0.25, 0.3) is 5.56 Å². The van der Waals surface area contributed by atoms with Gasteiger partial charge in [0.05, 0.1) is 24.4 Å². The van der Waals surface area contributed by atoms with E-state index in [1.165, 1.54) is 0 Å². The second kappa shape index (κ2) is 8.34. The third-order valence-electron chi connectivity index (χ3n) is 5.67. The van der Waals surface area contributed by atoms with Gasteiger partial charge in [0.2, 0.25) is 0 Å². The summed E-state index contributed by atoms with van der Waals surface area (Å²) >= 11 is 12.2. The van der Waals surface area contributed by atoms with Gasteiger partial charge < -0.3 is 15.1 Å². The molecule has 0 bridgehead atoms. The van der Waals surface area contributed by atoms with Gasteiger partial charge in [-0.2, -0.15) is 5.10 Å². The lowest BCUT2D eigenvalue weighted by molar-refractivity contribution is 0.415. The van der Waals surface area contributed by atoms with Crippen LogP contribution in [0.3, 0.4) is 0 Å². The monoisotopic (exact) mass is 463 g/mol. The highest BCUT2D eigenvalue weighted by atomic mass is 35.5. The lowest BCUT2D eigenvalue weighted by atomic mass is 9.91. The number of nitrogens with one attached hydrogen (secondary N) is 2. The van der Waals surface area contributed by atoms with Crippen molar-refractivity contribution in [1.29, 1.82) is 0 Å². The van der Waals surface area contributed by atoms with Gasteiger partial charge in [0, 0.05) is 32.9 Å². The Kier molecular flexibility index (Phi) is 5.37. The molecule has 1 aliphatic rings. The Morgan fingerprint density at radius 1 is 0.938 bits per heavy atom. The fourth-order valence-electron chi connectivity index (χ4n) is 4.08. The predicted octanol–water partition coefficient (Wildman–Crippen LogP) is 5.95. The van der Waals surface area contributed by atoms with Crippen LogP contribution in [0.1, 0.15) is 23.6 Å². The molecular formula is C25H19Cl2N3O2. The summed E-state index contributed by atoms with van der Waals surface area (Å²) in [7, 11) is 1.62. The van der Waals surface area contributed by atoms with Gasteiger partial charge in [0.1, 0.15) is 5.75 Å². The second-order valence-corrected chi connectivity index (χ2v) is 8.49. The molecule has 3 aromatic carbocycles. The van der Waals surface area contributed by atoms with Crippen molar-refractivity contribution in [2.24, 2.45) is 5.10 Å². The summed E-state index contributed by atoms with van der Waals surface area (Å²) in [6.45, 7) is 0. The molecule has 0 unspecified atom stereocenters. The molecule has 1 atom stereocenters. The number of ether oxygens (including phenoxy) is 1. The van der Waals surface area contributed by atoms with Crippen LogP contribution in [0.4, 0.5) is 0 Å². The summed E-state index contributed by atoms with van der Waals surface area (Å²) in [5.41, 5.74) is 7.68. The van der Waals surface area contributed by atoms with E-state index in [0.29, 0.717) is 33.5 Å². The molecule has 0 aliphatic carbocycles. The third-order valence-corrected chi connectivity index (χ3v) is 6.17. The molecule has 2 N–H and O–H groups in total. The first-order valence-electron chi connectivity index (χ1n) is 10.1. The number of hydrazone groups is 1. The van der Waals surface area contributed by atoms with Crippen LogP contribution in [0.15, 0.2) is 76.6 Å². The summed E-state index contributed by atoms with van der Waals surface area (Å²) in [4.78, 5) is 16.3. The molecule has 160 valence electrons. The summed E-state index contributed by atoms with van der Waals surface area (Å²) in [5.74, 6) is 0.705. The lowest BCUT2D eigenvalue weighted by Gasteiger charge is -2.14. The second-order valence-electron chi connectivity index (χ2n) is 7.62. The number of halogens is 2. The number of rotatable bonds is 4. The van der Waals surface area contributed by atoms with Crippen LogP contribution in [0.5, 0.6) is 5.75 Å². The molecule has 7 heteroatoms. The molecule has 2 heterocycles. The van der Waals surface area contributed by atoms with Crippen LogP contribution < -0.4 is 15.7 Å². The molecule has 5 nitrogen and oxygen atoms in total. The van der Waals surface area contributed by atoms with Crippen LogP contribution in [0, 0.1) is 0 Å². The van der Waals surface area contributed by atoms with E-state index in [1.54, 1.807) is 7.11 Å². The van der Waals surface area contributed by atoms with Gasteiger partial charge in [-0.15, -0.1) is 0 Å². The average Bonchev–Trinajstić information content (AvgIpc) is 3.29. The number of benzene rings is 3. The molecule has 1 aliphatic heterocycles. The number of aromatic nitrogens is 1. The van der Waals surface area contributed by atoms with E-state index in [4.69, 9.17) is 27.9 Å². The molecule has 5 rings (SSSR count). The largest absolute Gasteiger partial charge is 0.497 e. The molecular weight excluding hydrogens is 445 g/mol. The molecule has 0 saturated heterocycles. The Labute approximate surface area is 194 Å². The van der Waals surface area contributed by atoms with Crippen molar-refractivity contribution in [1.82, 2.24) is 10.4 Å². The number of H-pyrrole nitrogens is 1. The van der Waals surface area contributed by atoms with Gasteiger partial charge in [-0.3, -0.25) is 4.79 Å². The van der Waals surface area contributed by atoms with Crippen LogP contribution in [0.25, 0.3) is 22.0 Å². The van der Waals surface area contributed by atoms with Crippen LogP contribution in [0.2, 0.25) is 10.0 Å². The molecule has 0 radical (unpaired) electrons. The lowest BCUT2D eigenvalue weighted by Crippen LogP contribution is -2.20. The third kappa shape index (κ3) is 3.74. The number of pyridine rings is 1. The van der Waals surface area contributed by atoms with E-state index in [1.807, 2.05) is 66.7 Å². The molecule has 1 aromatic heterocycles. The summed E-state index contributed by atoms with van der Waals surface area (Å²) in [5, 5.41) is 6.74. The van der Waals surface area contributed by atoms with E-state index < -0.39 is 0 Å². The molecule has 4 aromatic rings. The standard InChI is InChI=1S/C25H19Cl2N3O2/c1-32-18-10-11-20-19(12-18)23(15-4-8-17(27)9-5-15)24(25(31)28-20)22-13-21(29-30-22)14-2-6-16(26)7-3-14/h2-12,21,29H,13H2,1H3,(H,28,31)/t21-/m0/s1. The zero-order valence-electron chi connectivity index (χ0n) is 17.2. The predicted molar refractivity (Wildman–Crippen MR) is 130 cm³/mol. The number of methoxy groups -OCH3 is 1. The van der Waals surface area contributed by atoms with Crippen molar-refractivity contribution in [3.05, 3.63) is 98.3 Å². The fraction of sp³-hybridized carbons (Fsp3) is 0.120. The van der Waals surface area contributed by atoms with Crippen molar-refractivity contribution in [3.8, 4) is 16.9 Å². The maximum atomic E-state index is 13.3. The first-order chi connectivity index (χ1) is 15.5. The zero-order valence-corrected chi connectivity index (χ0v) is 18.7. The maximum absolute atomic E-state index is 13.3. The van der Waals surface area contributed by atoms with Crippen molar-refractivity contribution in [2.75, 3.05) is 7.11 Å². The Bertz CT molecular complexity index is 1390. The smallest absolute Gasteiger partial charge is 0.258 e. The minimum atomic E-state index is -0.190. The Morgan fingerprint density at radius 3 is 2.31 bits per heavy atom. The quantitative estimate of drug-likeness (QED) is 0.392. The zero-order chi connectivity index (χ0) is 22.2. The summed E-state index contributed by atoms with van der Waals surface area (Å²) < 4.78 is 5.45. The molecule has 0 saturated carbocycles. The van der Waals surface area contributed by atoms with Crippen molar-refractivity contribution >= 4 is 39.8 Å². The number of fused-ring (bicyclic) bond motifs is 1. The molecule has 32 heavy (non-hydrogen) atoms. The molecule has 0 fully saturated rings. The van der Waals surface area contributed by atoms with Gasteiger partial charge in [-0.25, -0.2) is 0 Å². The highest BCUT2D eigenvalue weighted by Gasteiger charge is 2.27. The first kappa shape index (κ1) is 20.6. The van der Waals surface area contributed by atoms with Crippen LogP contribution in [-0.2, 0) is 0 Å². The van der Waals surface area contributed by atoms with Gasteiger partial charge in [0.15, 0.2) is 0 Å². The van der Waals surface area contributed by atoms with E-state index in [9.17, 15) is 4.79 Å². The van der Waals surface area contributed by atoms with Crippen molar-refractivity contribution < 1.29 is 4.74 Å². The fourth-order valence-corrected chi connectivity index (χ4v) is 4.33. The van der Waals surface area contributed by atoms with E-state index in [2.05, 4.69) is 15.5 Å². The number of hydrogen-bond donors (Lipinski definition) is 2. The maximum Gasteiger partial charge on any atom is 0.258 e. The first-order valence-corrected chi connectivity index (χ1v) is 10.9. The SMILES string of the molecule is COc1ccc2[nH]c(=O)c(C3=NN[C@H](c4ccc(Cl)cc4)C3)c(-c3ccc(Cl)cc3)c2c1. The van der Waals surface area contributed by atoms with E-state index >= 15 is 0 Å². The Morgan fingerprint density at radius 2 is 1.62 bits per heavy atom. The highest BCUT2D eigenvalue weighted by molar-refractivity contribution is 6.31. The van der Waals surface area contributed by atoms with Crippen LogP contribution in [-0.4, -0.2) is 17.8 Å². The Hall–Kier alpha value is -3.28. The average molecular weight is 464 g/mol. The number of nitrogens with zero attached hydrogens (tertiary/aromatic N) is 1.